The predicted molar refractivity (Wildman–Crippen MR) is 109 cm³/mol. The van der Waals surface area contributed by atoms with Crippen LogP contribution < -0.4 is 4.74 Å². The minimum Gasteiger partial charge on any atom is -0.488 e. The van der Waals surface area contributed by atoms with Gasteiger partial charge in [-0.2, -0.15) is 5.26 Å². The van der Waals surface area contributed by atoms with Gasteiger partial charge in [0, 0.05) is 0 Å². The molecule has 5 heteroatoms. The zero-order valence-corrected chi connectivity index (χ0v) is 17.5. The first-order valence-corrected chi connectivity index (χ1v) is 9.41. The van der Waals surface area contributed by atoms with Crippen molar-refractivity contribution in [2.45, 2.75) is 40.4 Å². The largest absolute Gasteiger partial charge is 0.488 e. The minimum atomic E-state index is -0.613. The Kier molecular flexibility index (Phi) is 7.20. The van der Waals surface area contributed by atoms with E-state index in [-0.39, 0.29) is 11.7 Å². The number of nitriles is 1. The number of para-hydroxylation sites is 1. The molecule has 0 aliphatic carbocycles. The van der Waals surface area contributed by atoms with Gasteiger partial charge in [-0.25, -0.2) is 4.79 Å². The molecule has 4 nitrogen and oxygen atoms in total. The van der Waals surface area contributed by atoms with Gasteiger partial charge in [0.2, 0.25) is 0 Å². The van der Waals surface area contributed by atoms with E-state index in [0.29, 0.717) is 6.61 Å². The van der Waals surface area contributed by atoms with Crippen molar-refractivity contribution in [2.75, 3.05) is 0 Å². The number of carbonyl (C=O) groups excluding carboxylic acids is 1. The third-order valence-corrected chi connectivity index (χ3v) is 4.58. The summed E-state index contributed by atoms with van der Waals surface area (Å²) in [5, 5.41) is 9.32. The van der Waals surface area contributed by atoms with Crippen molar-refractivity contribution < 1.29 is 14.3 Å². The third kappa shape index (κ3) is 5.70. The maximum atomic E-state index is 12.1. The first-order valence-electron chi connectivity index (χ1n) is 8.62. The van der Waals surface area contributed by atoms with Crippen molar-refractivity contribution in [3.63, 3.8) is 0 Å². The zero-order chi connectivity index (χ0) is 20.0. The molecular formula is C22H22BrNO3. The van der Waals surface area contributed by atoms with Crippen molar-refractivity contribution in [2.24, 2.45) is 0 Å². The standard InChI is InChI=1S/C22H22BrNO3/c1-14(2)27-22(25)18(12-24)10-17-11-19(16(4)9-15(17)3)13-26-21-8-6-5-7-20(21)23/h5-11,14H,13H2,1-4H3/b18-10+. The Balaban J connectivity index is 2.29. The number of nitrogens with zero attached hydrogens (tertiary/aromatic N) is 1. The summed E-state index contributed by atoms with van der Waals surface area (Å²) in [5.74, 6) is 0.145. The van der Waals surface area contributed by atoms with E-state index in [1.54, 1.807) is 19.9 Å². The number of benzene rings is 2. The molecule has 0 bridgehead atoms. The van der Waals surface area contributed by atoms with Crippen LogP contribution in [0.25, 0.3) is 6.08 Å². The van der Waals surface area contributed by atoms with Gasteiger partial charge in [0.1, 0.15) is 24.0 Å². The lowest BCUT2D eigenvalue weighted by Gasteiger charge is -2.13. The Morgan fingerprint density at radius 3 is 2.56 bits per heavy atom. The van der Waals surface area contributed by atoms with Gasteiger partial charge in [0.25, 0.3) is 0 Å². The van der Waals surface area contributed by atoms with E-state index in [1.807, 2.05) is 56.3 Å². The second kappa shape index (κ2) is 9.38. The van der Waals surface area contributed by atoms with Crippen LogP contribution in [0, 0.1) is 25.2 Å². The third-order valence-electron chi connectivity index (χ3n) is 3.93. The van der Waals surface area contributed by atoms with Crippen molar-refractivity contribution in [3.05, 3.63) is 68.7 Å². The molecule has 2 aromatic rings. The van der Waals surface area contributed by atoms with Crippen LogP contribution in [0.2, 0.25) is 0 Å². The number of halogens is 1. The second-order valence-electron chi connectivity index (χ2n) is 6.48. The average Bonchev–Trinajstić information content (AvgIpc) is 2.60. The summed E-state index contributed by atoms with van der Waals surface area (Å²) in [5.41, 5.74) is 3.82. The summed E-state index contributed by atoms with van der Waals surface area (Å²) < 4.78 is 11.9. The monoisotopic (exact) mass is 427 g/mol. The first-order chi connectivity index (χ1) is 12.8. The van der Waals surface area contributed by atoms with Crippen LogP contribution in [0.5, 0.6) is 5.75 Å². The molecule has 2 aromatic carbocycles. The van der Waals surface area contributed by atoms with E-state index >= 15 is 0 Å². The highest BCUT2D eigenvalue weighted by molar-refractivity contribution is 9.10. The van der Waals surface area contributed by atoms with Crippen LogP contribution in [-0.4, -0.2) is 12.1 Å². The molecule has 140 valence electrons. The van der Waals surface area contributed by atoms with Crippen LogP contribution in [0.3, 0.4) is 0 Å². The maximum absolute atomic E-state index is 12.1. The molecule has 0 fully saturated rings. The number of hydrogen-bond donors (Lipinski definition) is 0. The molecule has 0 radical (unpaired) electrons. The number of aryl methyl sites for hydroxylation is 2. The Hall–Kier alpha value is -2.58. The zero-order valence-electron chi connectivity index (χ0n) is 15.9. The van der Waals surface area contributed by atoms with Gasteiger partial charge in [0.05, 0.1) is 10.6 Å². The van der Waals surface area contributed by atoms with E-state index in [0.717, 1.165) is 32.5 Å². The normalized spacial score (nSPS) is 11.2. The Labute approximate surface area is 168 Å². The van der Waals surface area contributed by atoms with Gasteiger partial charge in [-0.05, 0) is 90.2 Å². The molecule has 0 aliphatic rings. The fourth-order valence-electron chi connectivity index (χ4n) is 2.51. The van der Waals surface area contributed by atoms with Crippen LogP contribution in [0.15, 0.2) is 46.4 Å². The Bertz CT molecular complexity index is 910. The first kappa shape index (κ1) is 20.7. The number of esters is 1. The minimum absolute atomic E-state index is 0.0201. The molecule has 0 spiro atoms. The fraction of sp³-hybridized carbons (Fsp3) is 0.273. The summed E-state index contributed by atoms with van der Waals surface area (Å²) >= 11 is 3.47. The Morgan fingerprint density at radius 1 is 1.22 bits per heavy atom. The predicted octanol–water partition coefficient (Wildman–Crippen LogP) is 5.50. The Morgan fingerprint density at radius 2 is 1.93 bits per heavy atom. The van der Waals surface area contributed by atoms with Gasteiger partial charge in [0.15, 0.2) is 0 Å². The molecule has 0 aromatic heterocycles. The number of ether oxygens (including phenoxy) is 2. The average molecular weight is 428 g/mol. The highest BCUT2D eigenvalue weighted by Gasteiger charge is 2.14. The van der Waals surface area contributed by atoms with Crippen molar-refractivity contribution in [1.29, 1.82) is 5.26 Å². The lowest BCUT2D eigenvalue weighted by atomic mass is 9.98. The number of rotatable bonds is 6. The van der Waals surface area contributed by atoms with Gasteiger partial charge in [-0.15, -0.1) is 0 Å². The van der Waals surface area contributed by atoms with E-state index in [9.17, 15) is 10.1 Å². The van der Waals surface area contributed by atoms with E-state index in [2.05, 4.69) is 15.9 Å². The van der Waals surface area contributed by atoms with Crippen LogP contribution >= 0.6 is 15.9 Å². The smallest absolute Gasteiger partial charge is 0.349 e. The molecule has 0 saturated carbocycles. The summed E-state index contributed by atoms with van der Waals surface area (Å²) in [6, 6.07) is 13.6. The summed E-state index contributed by atoms with van der Waals surface area (Å²) in [6.07, 6.45) is 1.29. The molecule has 2 rings (SSSR count). The SMILES string of the molecule is Cc1cc(C)c(COc2ccccc2Br)cc1/C=C(\C#N)C(=O)OC(C)C. The number of carbonyl (C=O) groups is 1. The quantitative estimate of drug-likeness (QED) is 0.346. The summed E-state index contributed by atoms with van der Waals surface area (Å²) in [7, 11) is 0. The second-order valence-corrected chi connectivity index (χ2v) is 7.33. The summed E-state index contributed by atoms with van der Waals surface area (Å²) in [6.45, 7) is 7.84. The van der Waals surface area contributed by atoms with E-state index in [1.165, 1.54) is 0 Å². The lowest BCUT2D eigenvalue weighted by Crippen LogP contribution is -2.12. The lowest BCUT2D eigenvalue weighted by molar-refractivity contribution is -0.142. The van der Waals surface area contributed by atoms with Gasteiger partial charge in [-0.3, -0.25) is 0 Å². The highest BCUT2D eigenvalue weighted by atomic mass is 79.9. The van der Waals surface area contributed by atoms with Gasteiger partial charge >= 0.3 is 5.97 Å². The number of hydrogen-bond acceptors (Lipinski definition) is 4. The maximum Gasteiger partial charge on any atom is 0.349 e. The van der Waals surface area contributed by atoms with E-state index in [4.69, 9.17) is 9.47 Å². The topological polar surface area (TPSA) is 59.3 Å². The molecule has 0 amide bonds. The molecule has 0 atom stereocenters. The molecule has 0 saturated heterocycles. The molecule has 0 aliphatic heterocycles. The summed E-state index contributed by atoms with van der Waals surface area (Å²) in [4.78, 5) is 12.1. The molecule has 0 unspecified atom stereocenters. The van der Waals surface area contributed by atoms with Gasteiger partial charge < -0.3 is 9.47 Å². The molecule has 0 heterocycles. The highest BCUT2D eigenvalue weighted by Crippen LogP contribution is 2.26. The van der Waals surface area contributed by atoms with Crippen molar-refractivity contribution in [1.82, 2.24) is 0 Å². The molecule has 0 N–H and O–H groups in total. The van der Waals surface area contributed by atoms with Crippen LogP contribution in [0.4, 0.5) is 0 Å². The molecule has 27 heavy (non-hydrogen) atoms. The molecular weight excluding hydrogens is 406 g/mol. The van der Waals surface area contributed by atoms with Crippen LogP contribution in [-0.2, 0) is 16.1 Å². The van der Waals surface area contributed by atoms with Crippen LogP contribution in [0.1, 0.15) is 36.1 Å². The van der Waals surface area contributed by atoms with E-state index < -0.39 is 5.97 Å². The van der Waals surface area contributed by atoms with Gasteiger partial charge in [-0.1, -0.05) is 18.2 Å². The van der Waals surface area contributed by atoms with Crippen molar-refractivity contribution in [3.8, 4) is 11.8 Å². The fourth-order valence-corrected chi connectivity index (χ4v) is 2.91. The van der Waals surface area contributed by atoms with Crippen molar-refractivity contribution >= 4 is 28.0 Å².